The van der Waals surface area contributed by atoms with Crippen LogP contribution in [-0.4, -0.2) is 4.98 Å². The van der Waals surface area contributed by atoms with Crippen LogP contribution in [0.4, 0.5) is 0 Å². The third kappa shape index (κ3) is 1.92. The Kier molecular flexibility index (Phi) is 2.83. The van der Waals surface area contributed by atoms with Crippen LogP contribution in [0.3, 0.4) is 0 Å². The maximum absolute atomic E-state index is 6.12. The molecule has 1 atom stereocenters. The van der Waals surface area contributed by atoms with Gasteiger partial charge < -0.3 is 10.2 Å². The Labute approximate surface area is 88.9 Å². The van der Waals surface area contributed by atoms with Gasteiger partial charge in [-0.25, -0.2) is 0 Å². The van der Waals surface area contributed by atoms with Gasteiger partial charge in [-0.05, 0) is 35.7 Å². The molecule has 0 aromatic carbocycles. The summed E-state index contributed by atoms with van der Waals surface area (Å²) in [5.74, 6) is 0.788. The van der Waals surface area contributed by atoms with Gasteiger partial charge in [0.25, 0.3) is 0 Å². The first kappa shape index (κ1) is 9.93. The minimum atomic E-state index is -0.196. The van der Waals surface area contributed by atoms with Gasteiger partial charge in [0.2, 0.25) is 0 Å². The molecule has 2 N–H and O–H groups in total. The van der Waals surface area contributed by atoms with E-state index in [-0.39, 0.29) is 6.04 Å². The number of hydrogen-bond acceptors (Lipinski definition) is 3. The smallest absolute Gasteiger partial charge is 0.125 e. The van der Waals surface area contributed by atoms with Crippen LogP contribution in [0.5, 0.6) is 0 Å². The number of nitrogens with zero attached hydrogens (tertiary/aromatic N) is 1. The van der Waals surface area contributed by atoms with Gasteiger partial charge in [0, 0.05) is 12.4 Å². The summed E-state index contributed by atoms with van der Waals surface area (Å²) in [6.45, 7) is 2.09. The first-order valence-electron chi connectivity index (χ1n) is 5.04. The Bertz CT molecular complexity index is 423. The van der Waals surface area contributed by atoms with E-state index in [4.69, 9.17) is 10.2 Å². The summed E-state index contributed by atoms with van der Waals surface area (Å²) in [5, 5.41) is 0. The van der Waals surface area contributed by atoms with Crippen LogP contribution in [0.15, 0.2) is 41.3 Å². The highest BCUT2D eigenvalue weighted by molar-refractivity contribution is 5.31. The van der Waals surface area contributed by atoms with Crippen molar-refractivity contribution in [2.24, 2.45) is 5.73 Å². The molecule has 2 rings (SSSR count). The molecule has 0 aliphatic rings. The summed E-state index contributed by atoms with van der Waals surface area (Å²) in [7, 11) is 0. The first-order chi connectivity index (χ1) is 7.33. The van der Waals surface area contributed by atoms with Crippen LogP contribution in [0.1, 0.15) is 29.9 Å². The molecule has 15 heavy (non-hydrogen) atoms. The lowest BCUT2D eigenvalue weighted by atomic mass is 10.00. The second kappa shape index (κ2) is 4.28. The van der Waals surface area contributed by atoms with Gasteiger partial charge >= 0.3 is 0 Å². The molecule has 3 nitrogen and oxygen atoms in total. The van der Waals surface area contributed by atoms with Crippen LogP contribution < -0.4 is 5.73 Å². The summed E-state index contributed by atoms with van der Waals surface area (Å²) < 4.78 is 5.30. The van der Waals surface area contributed by atoms with E-state index in [0.29, 0.717) is 0 Å². The number of aromatic nitrogens is 1. The van der Waals surface area contributed by atoms with Crippen molar-refractivity contribution in [3.8, 4) is 0 Å². The summed E-state index contributed by atoms with van der Waals surface area (Å²) in [6, 6.07) is 5.50. The highest BCUT2D eigenvalue weighted by atomic mass is 16.3. The predicted octanol–water partition coefficient (Wildman–Crippen LogP) is 2.29. The lowest BCUT2D eigenvalue weighted by Gasteiger charge is -2.12. The first-order valence-corrected chi connectivity index (χ1v) is 5.04. The van der Waals surface area contributed by atoms with Gasteiger partial charge in [-0.2, -0.15) is 0 Å². The summed E-state index contributed by atoms with van der Waals surface area (Å²) >= 11 is 0. The van der Waals surface area contributed by atoms with Crippen LogP contribution in [0.25, 0.3) is 0 Å². The van der Waals surface area contributed by atoms with Crippen LogP contribution >= 0.6 is 0 Å². The fourth-order valence-corrected chi connectivity index (χ4v) is 1.66. The molecular weight excluding hydrogens is 188 g/mol. The van der Waals surface area contributed by atoms with E-state index in [1.807, 2.05) is 24.4 Å². The van der Waals surface area contributed by atoms with Gasteiger partial charge in [-0.15, -0.1) is 0 Å². The van der Waals surface area contributed by atoms with Gasteiger partial charge in [0.15, 0.2) is 0 Å². The second-order valence-corrected chi connectivity index (χ2v) is 3.42. The number of furan rings is 1. The molecule has 0 fully saturated rings. The molecule has 0 spiro atoms. The summed E-state index contributed by atoms with van der Waals surface area (Å²) in [6.07, 6.45) is 6.19. The topological polar surface area (TPSA) is 52.0 Å². The van der Waals surface area contributed by atoms with E-state index in [9.17, 15) is 0 Å². The third-order valence-corrected chi connectivity index (χ3v) is 2.51. The standard InChI is InChI=1S/C12H14N2O/c1-2-9-8-14-6-5-10(9)12(13)11-4-3-7-15-11/h3-8,12H,2,13H2,1H3. The van der Waals surface area contributed by atoms with Crippen molar-refractivity contribution in [1.82, 2.24) is 4.98 Å². The zero-order chi connectivity index (χ0) is 10.7. The molecule has 78 valence electrons. The quantitative estimate of drug-likeness (QED) is 0.830. The number of nitrogens with two attached hydrogens (primary N) is 1. The minimum absolute atomic E-state index is 0.196. The Balaban J connectivity index is 2.37. The molecule has 0 bridgehead atoms. The molecule has 2 aromatic rings. The molecule has 2 aromatic heterocycles. The second-order valence-electron chi connectivity index (χ2n) is 3.42. The minimum Gasteiger partial charge on any atom is -0.467 e. The maximum Gasteiger partial charge on any atom is 0.125 e. The van der Waals surface area contributed by atoms with Crippen molar-refractivity contribution in [3.63, 3.8) is 0 Å². The van der Waals surface area contributed by atoms with E-state index in [1.165, 1.54) is 5.56 Å². The highest BCUT2D eigenvalue weighted by Crippen LogP contribution is 2.22. The van der Waals surface area contributed by atoms with Crippen molar-refractivity contribution in [2.45, 2.75) is 19.4 Å². The largest absolute Gasteiger partial charge is 0.467 e. The van der Waals surface area contributed by atoms with E-state index >= 15 is 0 Å². The molecule has 0 saturated heterocycles. The van der Waals surface area contributed by atoms with Gasteiger partial charge in [0.1, 0.15) is 5.76 Å². The average Bonchev–Trinajstić information content (AvgIpc) is 2.81. The normalized spacial score (nSPS) is 12.7. The van der Waals surface area contributed by atoms with Crippen molar-refractivity contribution in [2.75, 3.05) is 0 Å². The van der Waals surface area contributed by atoms with Gasteiger partial charge in [-0.3, -0.25) is 4.98 Å². The highest BCUT2D eigenvalue weighted by Gasteiger charge is 2.14. The van der Waals surface area contributed by atoms with E-state index in [1.54, 1.807) is 12.5 Å². The van der Waals surface area contributed by atoms with Crippen molar-refractivity contribution >= 4 is 0 Å². The van der Waals surface area contributed by atoms with Crippen molar-refractivity contribution in [1.29, 1.82) is 0 Å². The molecule has 1 unspecified atom stereocenters. The number of aryl methyl sites for hydroxylation is 1. The zero-order valence-electron chi connectivity index (χ0n) is 8.68. The molecule has 0 aliphatic heterocycles. The van der Waals surface area contributed by atoms with Crippen LogP contribution in [-0.2, 0) is 6.42 Å². The van der Waals surface area contributed by atoms with Crippen LogP contribution in [0.2, 0.25) is 0 Å². The third-order valence-electron chi connectivity index (χ3n) is 2.51. The van der Waals surface area contributed by atoms with Crippen molar-refractivity contribution < 1.29 is 4.42 Å². The Morgan fingerprint density at radius 2 is 2.33 bits per heavy atom. The monoisotopic (exact) mass is 202 g/mol. The van der Waals surface area contributed by atoms with Crippen LogP contribution in [0, 0.1) is 0 Å². The zero-order valence-corrected chi connectivity index (χ0v) is 8.68. The van der Waals surface area contributed by atoms with E-state index in [2.05, 4.69) is 11.9 Å². The number of rotatable bonds is 3. The molecule has 2 heterocycles. The Hall–Kier alpha value is -1.61. The predicted molar refractivity (Wildman–Crippen MR) is 58.4 cm³/mol. The summed E-state index contributed by atoms with van der Waals surface area (Å²) in [4.78, 5) is 4.09. The lowest BCUT2D eigenvalue weighted by Crippen LogP contribution is -2.13. The Morgan fingerprint density at radius 3 is 3.00 bits per heavy atom. The lowest BCUT2D eigenvalue weighted by molar-refractivity contribution is 0.488. The molecule has 3 heteroatoms. The number of hydrogen-bond donors (Lipinski definition) is 1. The molecule has 0 aliphatic carbocycles. The number of pyridine rings is 1. The molecular formula is C12H14N2O. The molecule has 0 radical (unpaired) electrons. The SMILES string of the molecule is CCc1cnccc1C(N)c1ccco1. The van der Waals surface area contributed by atoms with E-state index < -0.39 is 0 Å². The summed E-state index contributed by atoms with van der Waals surface area (Å²) in [5.41, 5.74) is 8.37. The fraction of sp³-hybridized carbons (Fsp3) is 0.250. The molecule has 0 amide bonds. The molecule has 0 saturated carbocycles. The average molecular weight is 202 g/mol. The fourth-order valence-electron chi connectivity index (χ4n) is 1.66. The van der Waals surface area contributed by atoms with Crippen molar-refractivity contribution in [3.05, 3.63) is 53.7 Å². The van der Waals surface area contributed by atoms with Gasteiger partial charge in [-0.1, -0.05) is 6.92 Å². The van der Waals surface area contributed by atoms with E-state index in [0.717, 1.165) is 17.7 Å². The Morgan fingerprint density at radius 1 is 1.47 bits per heavy atom. The maximum atomic E-state index is 6.12. The van der Waals surface area contributed by atoms with Gasteiger partial charge in [0.05, 0.1) is 12.3 Å².